The van der Waals surface area contributed by atoms with Crippen molar-refractivity contribution in [3.05, 3.63) is 24.0 Å². The number of aromatic amines is 1. The van der Waals surface area contributed by atoms with Crippen molar-refractivity contribution in [1.29, 1.82) is 0 Å². The zero-order valence-corrected chi connectivity index (χ0v) is 7.69. The maximum atomic E-state index is 11.6. The van der Waals surface area contributed by atoms with Crippen molar-refractivity contribution in [2.75, 3.05) is 0 Å². The van der Waals surface area contributed by atoms with Gasteiger partial charge in [0.25, 0.3) is 0 Å². The molecule has 0 aliphatic carbocycles. The highest BCUT2D eigenvalue weighted by atomic mass is 16.1. The normalized spacial score (nSPS) is 13.0. The molecule has 1 atom stereocenters. The van der Waals surface area contributed by atoms with Crippen molar-refractivity contribution < 1.29 is 4.79 Å². The molecular weight excluding hydrogens is 180 g/mol. The van der Waals surface area contributed by atoms with Gasteiger partial charge in [-0.2, -0.15) is 5.10 Å². The van der Waals surface area contributed by atoms with Crippen LogP contribution in [-0.2, 0) is 0 Å². The third kappa shape index (κ3) is 1.27. The van der Waals surface area contributed by atoms with Gasteiger partial charge in [-0.1, -0.05) is 0 Å². The molecular formula is C9H10N4O. The molecule has 0 saturated carbocycles. The number of rotatable bonds is 2. The van der Waals surface area contributed by atoms with Crippen LogP contribution >= 0.6 is 0 Å². The second kappa shape index (κ2) is 3.19. The summed E-state index contributed by atoms with van der Waals surface area (Å²) in [5.41, 5.74) is 6.47. The van der Waals surface area contributed by atoms with Crippen LogP contribution in [-0.4, -0.2) is 27.0 Å². The number of carbonyl (C=O) groups is 1. The van der Waals surface area contributed by atoms with E-state index in [-0.39, 0.29) is 5.78 Å². The number of ketones is 1. The van der Waals surface area contributed by atoms with E-state index >= 15 is 0 Å². The van der Waals surface area contributed by atoms with Crippen LogP contribution < -0.4 is 5.73 Å². The Bertz CT molecular complexity index is 474. The number of Topliss-reactive ketones (excluding diaryl/α,β-unsaturated/α-hetero) is 1. The molecule has 0 saturated heterocycles. The van der Waals surface area contributed by atoms with Gasteiger partial charge in [0.15, 0.2) is 11.4 Å². The minimum absolute atomic E-state index is 0.152. The molecule has 0 bridgehead atoms. The van der Waals surface area contributed by atoms with E-state index < -0.39 is 6.04 Å². The molecule has 2 heterocycles. The summed E-state index contributed by atoms with van der Waals surface area (Å²) in [6, 6.07) is 3.02. The Morgan fingerprint density at radius 3 is 3.14 bits per heavy atom. The molecule has 5 heteroatoms. The monoisotopic (exact) mass is 190 g/mol. The van der Waals surface area contributed by atoms with Crippen molar-refractivity contribution in [3.63, 3.8) is 0 Å². The van der Waals surface area contributed by atoms with E-state index in [1.54, 1.807) is 25.3 Å². The smallest absolute Gasteiger partial charge is 0.197 e. The Kier molecular flexibility index (Phi) is 2.01. The number of H-pyrrole nitrogens is 1. The van der Waals surface area contributed by atoms with Gasteiger partial charge >= 0.3 is 0 Å². The topological polar surface area (TPSA) is 84.7 Å². The van der Waals surface area contributed by atoms with Gasteiger partial charge < -0.3 is 5.73 Å². The molecule has 0 aliphatic heterocycles. The van der Waals surface area contributed by atoms with Crippen LogP contribution in [0.1, 0.15) is 17.4 Å². The minimum Gasteiger partial charge on any atom is -0.321 e. The molecule has 2 aromatic heterocycles. The number of nitrogens with one attached hydrogen (secondary N) is 1. The highest BCUT2D eigenvalue weighted by Gasteiger charge is 2.16. The van der Waals surface area contributed by atoms with Crippen LogP contribution in [0.5, 0.6) is 0 Å². The Morgan fingerprint density at radius 1 is 1.64 bits per heavy atom. The van der Waals surface area contributed by atoms with Crippen LogP contribution in [0.25, 0.3) is 11.0 Å². The van der Waals surface area contributed by atoms with Crippen LogP contribution in [0.15, 0.2) is 18.3 Å². The van der Waals surface area contributed by atoms with Gasteiger partial charge in [0.05, 0.1) is 6.04 Å². The number of aromatic nitrogens is 3. The lowest BCUT2D eigenvalue weighted by Crippen LogP contribution is -2.27. The van der Waals surface area contributed by atoms with E-state index in [1.807, 2.05) is 0 Å². The maximum absolute atomic E-state index is 11.6. The predicted octanol–water partition coefficient (Wildman–Crippen LogP) is 0.488. The van der Waals surface area contributed by atoms with Gasteiger partial charge in [-0.15, -0.1) is 0 Å². The third-order valence-corrected chi connectivity index (χ3v) is 1.99. The van der Waals surface area contributed by atoms with Gasteiger partial charge in [0.1, 0.15) is 5.69 Å². The van der Waals surface area contributed by atoms with E-state index in [9.17, 15) is 4.79 Å². The van der Waals surface area contributed by atoms with Crippen LogP contribution in [0, 0.1) is 0 Å². The summed E-state index contributed by atoms with van der Waals surface area (Å²) in [6.45, 7) is 1.64. The standard InChI is InChI=1S/C9H10N4O/c1-5(10)8(14)7-6-3-2-4-11-9(6)13-12-7/h2-5H,10H2,1H3,(H,11,12,13). The quantitative estimate of drug-likeness (QED) is 0.675. The lowest BCUT2D eigenvalue weighted by atomic mass is 10.1. The summed E-state index contributed by atoms with van der Waals surface area (Å²) in [7, 11) is 0. The van der Waals surface area contributed by atoms with E-state index in [2.05, 4.69) is 15.2 Å². The van der Waals surface area contributed by atoms with Crippen LogP contribution in [0.4, 0.5) is 0 Å². The van der Waals surface area contributed by atoms with Gasteiger partial charge in [0.2, 0.25) is 0 Å². The first-order valence-corrected chi connectivity index (χ1v) is 4.29. The number of fused-ring (bicyclic) bond motifs is 1. The lowest BCUT2D eigenvalue weighted by molar-refractivity contribution is 0.0964. The molecule has 2 rings (SSSR count). The SMILES string of the molecule is CC(N)C(=O)c1[nH]nc2ncccc12. The fourth-order valence-electron chi connectivity index (χ4n) is 1.27. The molecule has 0 fully saturated rings. The summed E-state index contributed by atoms with van der Waals surface area (Å²) in [4.78, 5) is 15.6. The molecule has 3 N–H and O–H groups in total. The van der Waals surface area contributed by atoms with Crippen molar-refractivity contribution in [2.24, 2.45) is 5.73 Å². The fourth-order valence-corrected chi connectivity index (χ4v) is 1.27. The summed E-state index contributed by atoms with van der Waals surface area (Å²) < 4.78 is 0. The van der Waals surface area contributed by atoms with Crippen LogP contribution in [0.3, 0.4) is 0 Å². The van der Waals surface area contributed by atoms with E-state index in [4.69, 9.17) is 5.73 Å². The summed E-state index contributed by atoms with van der Waals surface area (Å²) in [5, 5.41) is 7.28. The molecule has 5 nitrogen and oxygen atoms in total. The van der Waals surface area contributed by atoms with Crippen molar-refractivity contribution >= 4 is 16.8 Å². The first-order chi connectivity index (χ1) is 6.70. The molecule has 0 amide bonds. The first kappa shape index (κ1) is 8.83. The molecule has 14 heavy (non-hydrogen) atoms. The second-order valence-electron chi connectivity index (χ2n) is 3.13. The zero-order valence-electron chi connectivity index (χ0n) is 7.69. The van der Waals surface area contributed by atoms with Gasteiger partial charge in [-0.3, -0.25) is 9.89 Å². The summed E-state index contributed by atoms with van der Waals surface area (Å²) in [5.74, 6) is -0.152. The first-order valence-electron chi connectivity index (χ1n) is 4.29. The fraction of sp³-hybridized carbons (Fsp3) is 0.222. The van der Waals surface area contributed by atoms with Crippen LogP contribution in [0.2, 0.25) is 0 Å². The minimum atomic E-state index is -0.529. The Hall–Kier alpha value is -1.75. The molecule has 2 aromatic rings. The number of carbonyl (C=O) groups excluding carboxylic acids is 1. The average molecular weight is 190 g/mol. The Balaban J connectivity index is 2.58. The highest BCUT2D eigenvalue weighted by molar-refractivity contribution is 6.07. The van der Waals surface area contributed by atoms with Gasteiger partial charge in [-0.25, -0.2) is 4.98 Å². The zero-order chi connectivity index (χ0) is 10.1. The van der Waals surface area contributed by atoms with Crippen molar-refractivity contribution in [2.45, 2.75) is 13.0 Å². The number of pyridine rings is 1. The van der Waals surface area contributed by atoms with Crippen molar-refractivity contribution in [1.82, 2.24) is 15.2 Å². The van der Waals surface area contributed by atoms with Gasteiger partial charge in [0, 0.05) is 11.6 Å². The average Bonchev–Trinajstić information content (AvgIpc) is 2.60. The van der Waals surface area contributed by atoms with E-state index in [0.29, 0.717) is 11.3 Å². The maximum Gasteiger partial charge on any atom is 0.197 e. The Labute approximate surface area is 80.3 Å². The summed E-state index contributed by atoms with van der Waals surface area (Å²) in [6.07, 6.45) is 1.63. The molecule has 0 radical (unpaired) electrons. The molecule has 0 aromatic carbocycles. The molecule has 72 valence electrons. The second-order valence-corrected chi connectivity index (χ2v) is 3.13. The largest absolute Gasteiger partial charge is 0.321 e. The number of nitrogens with two attached hydrogens (primary N) is 1. The van der Waals surface area contributed by atoms with Crippen molar-refractivity contribution in [3.8, 4) is 0 Å². The van der Waals surface area contributed by atoms with Gasteiger partial charge in [-0.05, 0) is 19.1 Å². The molecule has 1 unspecified atom stereocenters. The van der Waals surface area contributed by atoms with E-state index in [0.717, 1.165) is 5.39 Å². The van der Waals surface area contributed by atoms with E-state index in [1.165, 1.54) is 0 Å². The number of hydrogen-bond donors (Lipinski definition) is 2. The number of hydrogen-bond acceptors (Lipinski definition) is 4. The summed E-state index contributed by atoms with van der Waals surface area (Å²) >= 11 is 0. The Morgan fingerprint density at radius 2 is 2.43 bits per heavy atom. The molecule has 0 spiro atoms. The highest BCUT2D eigenvalue weighted by Crippen LogP contribution is 2.13. The third-order valence-electron chi connectivity index (χ3n) is 1.99. The number of nitrogens with zero attached hydrogens (tertiary/aromatic N) is 2. The molecule has 0 aliphatic rings. The lowest BCUT2D eigenvalue weighted by Gasteiger charge is -2.00. The predicted molar refractivity (Wildman–Crippen MR) is 51.9 cm³/mol.